The summed E-state index contributed by atoms with van der Waals surface area (Å²) in [5.74, 6) is 0.864. The predicted molar refractivity (Wildman–Crippen MR) is 97.3 cm³/mol. The minimum Gasteiger partial charge on any atom is -0.490 e. The highest BCUT2D eigenvalue weighted by Crippen LogP contribution is 2.37. The van der Waals surface area contributed by atoms with E-state index >= 15 is 0 Å². The molecule has 0 saturated heterocycles. The van der Waals surface area contributed by atoms with Gasteiger partial charge in [-0.25, -0.2) is 0 Å². The molecule has 2 aliphatic rings. The average Bonchev–Trinajstić information content (AvgIpc) is 3.05. The second-order valence-corrected chi connectivity index (χ2v) is 6.99. The molecular formula is C20H17ClN2O2. The van der Waals surface area contributed by atoms with Gasteiger partial charge in [0.15, 0.2) is 0 Å². The smallest absolute Gasteiger partial charge is 0.270 e. The number of fused-ring (bicyclic) bond motifs is 1. The van der Waals surface area contributed by atoms with Crippen LogP contribution in [-0.4, -0.2) is 28.5 Å². The minimum absolute atomic E-state index is 0.0645. The molecule has 5 heteroatoms. The maximum absolute atomic E-state index is 13.2. The first-order chi connectivity index (χ1) is 12.2. The van der Waals surface area contributed by atoms with Gasteiger partial charge in [-0.1, -0.05) is 35.9 Å². The summed E-state index contributed by atoms with van der Waals surface area (Å²) in [7, 11) is 0. The van der Waals surface area contributed by atoms with E-state index in [1.54, 1.807) is 0 Å². The summed E-state index contributed by atoms with van der Waals surface area (Å²) in [5, 5.41) is 1.54. The van der Waals surface area contributed by atoms with E-state index in [9.17, 15) is 4.79 Å². The zero-order valence-electron chi connectivity index (χ0n) is 13.7. The Morgan fingerprint density at radius 2 is 1.92 bits per heavy atom. The van der Waals surface area contributed by atoms with Crippen LogP contribution in [0.15, 0.2) is 42.5 Å². The topological polar surface area (TPSA) is 34.5 Å². The number of carbonyl (C=O) groups is 1. The van der Waals surface area contributed by atoms with Gasteiger partial charge in [-0.2, -0.15) is 0 Å². The normalized spacial score (nSPS) is 15.8. The van der Waals surface area contributed by atoms with E-state index in [4.69, 9.17) is 16.3 Å². The van der Waals surface area contributed by atoms with Gasteiger partial charge in [0.2, 0.25) is 0 Å². The average molecular weight is 353 g/mol. The lowest BCUT2D eigenvalue weighted by Crippen LogP contribution is -2.37. The second kappa shape index (κ2) is 5.53. The molecular weight excluding hydrogens is 336 g/mol. The lowest BCUT2D eigenvalue weighted by molar-refractivity contribution is 0.0722. The summed E-state index contributed by atoms with van der Waals surface area (Å²) in [6, 6.07) is 14.0. The first-order valence-corrected chi connectivity index (χ1v) is 8.91. The highest BCUT2D eigenvalue weighted by atomic mass is 35.5. The number of aromatic nitrogens is 1. The first-order valence-electron chi connectivity index (χ1n) is 8.53. The van der Waals surface area contributed by atoms with Crippen LogP contribution in [-0.2, 0) is 19.5 Å². The summed E-state index contributed by atoms with van der Waals surface area (Å²) in [5.41, 5.74) is 4.21. The molecule has 4 nitrogen and oxygen atoms in total. The van der Waals surface area contributed by atoms with Gasteiger partial charge in [0.1, 0.15) is 18.1 Å². The van der Waals surface area contributed by atoms with Crippen molar-refractivity contribution in [2.75, 3.05) is 13.2 Å². The molecule has 2 aromatic carbocycles. The zero-order valence-corrected chi connectivity index (χ0v) is 14.4. The Balaban J connectivity index is 1.57. The van der Waals surface area contributed by atoms with Crippen LogP contribution >= 0.6 is 11.6 Å². The Morgan fingerprint density at radius 3 is 2.80 bits per heavy atom. The van der Waals surface area contributed by atoms with Gasteiger partial charge in [0.05, 0.1) is 17.1 Å². The van der Waals surface area contributed by atoms with Crippen molar-refractivity contribution in [2.24, 2.45) is 0 Å². The van der Waals surface area contributed by atoms with E-state index in [1.807, 2.05) is 29.2 Å². The largest absolute Gasteiger partial charge is 0.490 e. The summed E-state index contributed by atoms with van der Waals surface area (Å²) in [4.78, 5) is 15.2. The molecule has 0 spiro atoms. The van der Waals surface area contributed by atoms with Crippen molar-refractivity contribution in [1.82, 2.24) is 9.47 Å². The lowest BCUT2D eigenvalue weighted by atomic mass is 10.00. The molecule has 3 aromatic rings. The number of halogens is 1. The molecule has 3 heterocycles. The molecule has 0 fully saturated rings. The molecule has 0 saturated carbocycles. The van der Waals surface area contributed by atoms with Gasteiger partial charge in [0.25, 0.3) is 5.91 Å². The number of ether oxygens (including phenoxy) is 1. The second-order valence-electron chi connectivity index (χ2n) is 6.58. The van der Waals surface area contributed by atoms with Gasteiger partial charge in [0, 0.05) is 18.5 Å². The maximum Gasteiger partial charge on any atom is 0.270 e. The minimum atomic E-state index is 0.0645. The third-order valence-electron chi connectivity index (χ3n) is 5.18. The Labute approximate surface area is 150 Å². The summed E-state index contributed by atoms with van der Waals surface area (Å²) >= 11 is 6.36. The fourth-order valence-corrected chi connectivity index (χ4v) is 4.13. The Hall–Kier alpha value is -2.46. The van der Waals surface area contributed by atoms with E-state index in [0.717, 1.165) is 29.6 Å². The third-order valence-corrected chi connectivity index (χ3v) is 5.51. The maximum atomic E-state index is 13.2. The molecule has 0 unspecified atom stereocenters. The van der Waals surface area contributed by atoms with E-state index < -0.39 is 0 Å². The molecule has 0 aliphatic carbocycles. The molecule has 2 aliphatic heterocycles. The highest BCUT2D eigenvalue weighted by Gasteiger charge is 2.27. The van der Waals surface area contributed by atoms with Crippen molar-refractivity contribution in [3.05, 3.63) is 64.3 Å². The number of hydrogen-bond donors (Lipinski definition) is 0. The van der Waals surface area contributed by atoms with Gasteiger partial charge < -0.3 is 14.2 Å². The van der Waals surface area contributed by atoms with Crippen LogP contribution in [0.25, 0.3) is 10.9 Å². The third kappa shape index (κ3) is 2.24. The summed E-state index contributed by atoms with van der Waals surface area (Å²) in [6.45, 7) is 2.64. The Kier molecular flexibility index (Phi) is 3.28. The van der Waals surface area contributed by atoms with E-state index in [2.05, 4.69) is 22.8 Å². The van der Waals surface area contributed by atoms with Crippen molar-refractivity contribution in [3.8, 4) is 5.75 Å². The van der Waals surface area contributed by atoms with E-state index in [0.29, 0.717) is 30.4 Å². The monoisotopic (exact) mass is 352 g/mol. The number of amides is 1. The Bertz CT molecular complexity index is 1010. The van der Waals surface area contributed by atoms with Gasteiger partial charge in [-0.15, -0.1) is 0 Å². The van der Waals surface area contributed by atoms with Crippen LogP contribution < -0.4 is 4.74 Å². The van der Waals surface area contributed by atoms with Crippen LogP contribution in [0.3, 0.4) is 0 Å². The fraction of sp³-hybridized carbons (Fsp3) is 0.250. The molecule has 1 amide bonds. The van der Waals surface area contributed by atoms with Crippen LogP contribution in [0.5, 0.6) is 5.75 Å². The molecule has 0 radical (unpaired) electrons. The molecule has 0 N–H and O–H groups in total. The van der Waals surface area contributed by atoms with E-state index in [-0.39, 0.29) is 5.91 Å². The van der Waals surface area contributed by atoms with Crippen LogP contribution in [0.1, 0.15) is 21.6 Å². The highest BCUT2D eigenvalue weighted by molar-refractivity contribution is 6.36. The van der Waals surface area contributed by atoms with E-state index in [1.165, 1.54) is 11.1 Å². The SMILES string of the molecule is O=C(c1cc2c(Cl)ccc3c2n1CCO3)N1CCc2ccccc2C1. The summed E-state index contributed by atoms with van der Waals surface area (Å²) < 4.78 is 7.79. The van der Waals surface area contributed by atoms with Crippen molar-refractivity contribution >= 4 is 28.4 Å². The molecule has 0 atom stereocenters. The summed E-state index contributed by atoms with van der Waals surface area (Å²) in [6.07, 6.45) is 0.900. The van der Waals surface area contributed by atoms with Crippen molar-refractivity contribution in [2.45, 2.75) is 19.5 Å². The molecule has 0 bridgehead atoms. The number of carbonyl (C=O) groups excluding carboxylic acids is 1. The van der Waals surface area contributed by atoms with Gasteiger partial charge in [-0.3, -0.25) is 4.79 Å². The molecule has 126 valence electrons. The molecule has 5 rings (SSSR count). The van der Waals surface area contributed by atoms with Crippen molar-refractivity contribution < 1.29 is 9.53 Å². The molecule has 1 aromatic heterocycles. The number of hydrogen-bond acceptors (Lipinski definition) is 2. The van der Waals surface area contributed by atoms with Crippen LogP contribution in [0, 0.1) is 0 Å². The predicted octanol–water partition coefficient (Wildman–Crippen LogP) is 3.89. The van der Waals surface area contributed by atoms with Gasteiger partial charge >= 0.3 is 0 Å². The van der Waals surface area contributed by atoms with Crippen molar-refractivity contribution in [3.63, 3.8) is 0 Å². The molecule has 25 heavy (non-hydrogen) atoms. The standard InChI is InChI=1S/C20H17ClN2O2/c21-16-5-6-18-19-15(16)11-17(23(19)9-10-25-18)20(24)22-8-7-13-3-1-2-4-14(13)12-22/h1-6,11H,7-10,12H2. The first kappa shape index (κ1) is 14.8. The zero-order chi connectivity index (χ0) is 17.0. The van der Waals surface area contributed by atoms with Crippen LogP contribution in [0.4, 0.5) is 0 Å². The van der Waals surface area contributed by atoms with Gasteiger partial charge in [-0.05, 0) is 35.7 Å². The lowest BCUT2D eigenvalue weighted by Gasteiger charge is -2.29. The number of nitrogens with zero attached hydrogens (tertiary/aromatic N) is 2. The quantitative estimate of drug-likeness (QED) is 0.666. The number of benzene rings is 2. The van der Waals surface area contributed by atoms with Crippen LogP contribution in [0.2, 0.25) is 5.02 Å². The fourth-order valence-electron chi connectivity index (χ4n) is 3.92. The Morgan fingerprint density at radius 1 is 1.08 bits per heavy atom. The van der Waals surface area contributed by atoms with Crippen molar-refractivity contribution in [1.29, 1.82) is 0 Å². The number of rotatable bonds is 1.